The summed E-state index contributed by atoms with van der Waals surface area (Å²) in [4.78, 5) is 35.6. The molecule has 2 amide bonds. The van der Waals surface area contributed by atoms with Gasteiger partial charge in [-0.3, -0.25) is 14.5 Å². The third-order valence-electron chi connectivity index (χ3n) is 2.64. The molecule has 2 rings (SSSR count). The minimum absolute atomic E-state index is 0.191. The fourth-order valence-electron chi connectivity index (χ4n) is 1.62. The van der Waals surface area contributed by atoms with Crippen LogP contribution >= 0.6 is 27.7 Å². The lowest BCUT2D eigenvalue weighted by molar-refractivity contribution is -0.125. The molecule has 0 radical (unpaired) electrons. The molecule has 100 valence electrons. The van der Waals surface area contributed by atoms with Crippen molar-refractivity contribution >= 4 is 44.8 Å². The smallest absolute Gasteiger partial charge is 0.337 e. The first-order chi connectivity index (χ1) is 9.02. The maximum Gasteiger partial charge on any atom is 0.337 e. The van der Waals surface area contributed by atoms with Crippen molar-refractivity contribution in [3.8, 4) is 0 Å². The van der Waals surface area contributed by atoms with Gasteiger partial charge in [-0.1, -0.05) is 33.8 Å². The Morgan fingerprint density at radius 3 is 2.74 bits per heavy atom. The van der Waals surface area contributed by atoms with Crippen molar-refractivity contribution in [3.05, 3.63) is 33.8 Å². The van der Waals surface area contributed by atoms with E-state index in [9.17, 15) is 14.4 Å². The Morgan fingerprint density at radius 2 is 2.21 bits per heavy atom. The highest BCUT2D eigenvalue weighted by atomic mass is 79.9. The molecular weight excluding hydrogens is 334 g/mol. The van der Waals surface area contributed by atoms with E-state index in [1.807, 2.05) is 0 Å². The number of hydrogen-bond donors (Lipinski definition) is 0. The molecule has 1 fully saturated rings. The number of carbonyl (C=O) groups is 3. The van der Waals surface area contributed by atoms with Crippen molar-refractivity contribution in [1.29, 1.82) is 0 Å². The number of carbonyl (C=O) groups excluding carboxylic acids is 3. The van der Waals surface area contributed by atoms with Gasteiger partial charge >= 0.3 is 5.97 Å². The molecule has 7 heteroatoms. The van der Waals surface area contributed by atoms with E-state index in [-0.39, 0.29) is 23.4 Å². The molecule has 1 saturated heterocycles. The van der Waals surface area contributed by atoms with Crippen LogP contribution in [0.1, 0.15) is 15.9 Å². The average Bonchev–Trinajstić information content (AvgIpc) is 2.71. The number of benzene rings is 1. The molecule has 0 aromatic heterocycles. The summed E-state index contributed by atoms with van der Waals surface area (Å²) in [6.45, 7) is 0.201. The first-order valence-corrected chi connectivity index (χ1v) is 7.14. The van der Waals surface area contributed by atoms with E-state index in [1.165, 1.54) is 12.0 Å². The minimum atomic E-state index is -0.434. The summed E-state index contributed by atoms with van der Waals surface area (Å²) in [6, 6.07) is 4.91. The number of amides is 2. The first-order valence-electron chi connectivity index (χ1n) is 5.37. The van der Waals surface area contributed by atoms with Gasteiger partial charge in [0.2, 0.25) is 5.91 Å². The maximum atomic E-state index is 11.5. The molecule has 0 spiro atoms. The summed E-state index contributed by atoms with van der Waals surface area (Å²) in [5.41, 5.74) is 1.17. The van der Waals surface area contributed by atoms with Crippen LogP contribution in [0.3, 0.4) is 0 Å². The van der Waals surface area contributed by atoms with Crippen LogP contribution in [0.25, 0.3) is 0 Å². The second-order valence-corrected chi connectivity index (χ2v) is 5.61. The quantitative estimate of drug-likeness (QED) is 0.788. The third-order valence-corrected chi connectivity index (χ3v) is 4.24. The molecule has 1 aliphatic rings. The van der Waals surface area contributed by atoms with Crippen molar-refractivity contribution in [2.24, 2.45) is 0 Å². The lowest BCUT2D eigenvalue weighted by Gasteiger charge is -2.14. The Balaban J connectivity index is 2.20. The predicted octanol–water partition coefficient (Wildman–Crippen LogP) is 2.43. The van der Waals surface area contributed by atoms with Crippen molar-refractivity contribution in [2.75, 3.05) is 12.9 Å². The number of ether oxygens (including phenoxy) is 1. The van der Waals surface area contributed by atoms with Crippen molar-refractivity contribution < 1.29 is 19.1 Å². The minimum Gasteiger partial charge on any atom is -0.465 e. The van der Waals surface area contributed by atoms with Gasteiger partial charge in [-0.2, -0.15) is 0 Å². The maximum absolute atomic E-state index is 11.5. The lowest BCUT2D eigenvalue weighted by atomic mass is 10.1. The van der Waals surface area contributed by atoms with Gasteiger partial charge in [0.05, 0.1) is 25.0 Å². The van der Waals surface area contributed by atoms with Gasteiger partial charge in [-0.25, -0.2) is 4.79 Å². The molecule has 0 saturated carbocycles. The van der Waals surface area contributed by atoms with E-state index >= 15 is 0 Å². The van der Waals surface area contributed by atoms with Crippen molar-refractivity contribution in [2.45, 2.75) is 6.54 Å². The van der Waals surface area contributed by atoms with E-state index in [1.54, 1.807) is 18.2 Å². The molecular formula is C12H10BrNO4S. The second-order valence-electron chi connectivity index (χ2n) is 3.83. The van der Waals surface area contributed by atoms with Crippen molar-refractivity contribution in [1.82, 2.24) is 4.90 Å². The van der Waals surface area contributed by atoms with Crippen LogP contribution in [0.15, 0.2) is 22.7 Å². The molecule has 1 heterocycles. The highest BCUT2D eigenvalue weighted by Gasteiger charge is 2.30. The average molecular weight is 344 g/mol. The van der Waals surface area contributed by atoms with Gasteiger partial charge in [0, 0.05) is 4.47 Å². The summed E-state index contributed by atoms with van der Waals surface area (Å²) >= 11 is 4.33. The molecule has 0 N–H and O–H groups in total. The standard InChI is InChI=1S/C12H10BrNO4S/c1-18-11(16)7-2-3-8(9(13)4-7)5-14-10(15)6-19-12(14)17/h2-4H,5-6H2,1H3. The highest BCUT2D eigenvalue weighted by Crippen LogP contribution is 2.25. The molecule has 1 aromatic rings. The van der Waals surface area contributed by atoms with Crippen LogP contribution in [0, 0.1) is 0 Å². The van der Waals surface area contributed by atoms with Crippen molar-refractivity contribution in [3.63, 3.8) is 0 Å². The normalized spacial score (nSPS) is 14.9. The molecule has 0 aliphatic carbocycles. The number of methoxy groups -OCH3 is 1. The van der Waals surface area contributed by atoms with E-state index < -0.39 is 5.97 Å². The summed E-state index contributed by atoms with van der Waals surface area (Å²) in [6.07, 6.45) is 0. The summed E-state index contributed by atoms with van der Waals surface area (Å²) in [5, 5.41) is -0.242. The number of rotatable bonds is 3. The number of halogens is 1. The zero-order chi connectivity index (χ0) is 14.0. The second kappa shape index (κ2) is 5.75. The van der Waals surface area contributed by atoms with Crippen LogP contribution in [0.5, 0.6) is 0 Å². The molecule has 0 unspecified atom stereocenters. The third kappa shape index (κ3) is 2.98. The summed E-state index contributed by atoms with van der Waals surface area (Å²) < 4.78 is 5.28. The molecule has 5 nitrogen and oxygen atoms in total. The molecule has 19 heavy (non-hydrogen) atoms. The van der Waals surface area contributed by atoms with Gasteiger partial charge in [-0.05, 0) is 17.7 Å². The Labute approximate surface area is 122 Å². The van der Waals surface area contributed by atoms with Crippen LogP contribution in [-0.2, 0) is 16.1 Å². The van der Waals surface area contributed by atoms with Gasteiger partial charge in [-0.15, -0.1) is 0 Å². The molecule has 1 aliphatic heterocycles. The lowest BCUT2D eigenvalue weighted by Crippen LogP contribution is -2.28. The van der Waals surface area contributed by atoms with Crippen LogP contribution < -0.4 is 0 Å². The Hall–Kier alpha value is -1.34. The molecule has 1 aromatic carbocycles. The zero-order valence-electron chi connectivity index (χ0n) is 10.0. The first kappa shape index (κ1) is 14.1. The Morgan fingerprint density at radius 1 is 1.47 bits per heavy atom. The predicted molar refractivity (Wildman–Crippen MR) is 73.9 cm³/mol. The Kier molecular flexibility index (Phi) is 4.26. The van der Waals surface area contributed by atoms with Crippen LogP contribution in [-0.4, -0.2) is 34.9 Å². The Bertz CT molecular complexity index is 545. The van der Waals surface area contributed by atoms with Gasteiger partial charge in [0.1, 0.15) is 0 Å². The fraction of sp³-hybridized carbons (Fsp3) is 0.250. The molecule has 0 bridgehead atoms. The topological polar surface area (TPSA) is 63.7 Å². The van der Waals surface area contributed by atoms with E-state index in [0.717, 1.165) is 17.3 Å². The number of esters is 1. The number of nitrogens with zero attached hydrogens (tertiary/aromatic N) is 1. The van der Waals surface area contributed by atoms with Crippen LogP contribution in [0.4, 0.5) is 4.79 Å². The summed E-state index contributed by atoms with van der Waals surface area (Å²) in [5.74, 6) is -0.438. The SMILES string of the molecule is COC(=O)c1ccc(CN2C(=O)CSC2=O)c(Br)c1. The molecule has 0 atom stereocenters. The zero-order valence-corrected chi connectivity index (χ0v) is 12.4. The monoisotopic (exact) mass is 343 g/mol. The van der Waals surface area contributed by atoms with E-state index in [2.05, 4.69) is 20.7 Å². The summed E-state index contributed by atoms with van der Waals surface area (Å²) in [7, 11) is 1.31. The van der Waals surface area contributed by atoms with E-state index in [0.29, 0.717) is 10.0 Å². The fourth-order valence-corrected chi connectivity index (χ4v) is 2.85. The number of imide groups is 1. The van der Waals surface area contributed by atoms with E-state index in [4.69, 9.17) is 0 Å². The van der Waals surface area contributed by atoms with Gasteiger partial charge in [0.25, 0.3) is 5.24 Å². The number of hydrogen-bond acceptors (Lipinski definition) is 5. The van der Waals surface area contributed by atoms with Crippen LogP contribution in [0.2, 0.25) is 0 Å². The largest absolute Gasteiger partial charge is 0.465 e. The highest BCUT2D eigenvalue weighted by molar-refractivity contribution is 9.10. The number of thioether (sulfide) groups is 1. The van der Waals surface area contributed by atoms with Gasteiger partial charge in [0.15, 0.2) is 0 Å². The van der Waals surface area contributed by atoms with Gasteiger partial charge < -0.3 is 4.74 Å².